The van der Waals surface area contributed by atoms with Crippen molar-refractivity contribution in [3.63, 3.8) is 0 Å². The fourth-order valence-corrected chi connectivity index (χ4v) is 1.93. The molecule has 0 unspecified atom stereocenters. The van der Waals surface area contributed by atoms with E-state index in [1.807, 2.05) is 25.1 Å². The Hall–Kier alpha value is -1.81. The molecule has 1 heterocycles. The first-order valence-electron chi connectivity index (χ1n) is 6.13. The minimum absolute atomic E-state index is 0.0393. The van der Waals surface area contributed by atoms with Crippen LogP contribution in [0.4, 0.5) is 0 Å². The Bertz CT molecular complexity index is 589. The van der Waals surface area contributed by atoms with Crippen molar-refractivity contribution in [2.45, 2.75) is 19.9 Å². The van der Waals surface area contributed by atoms with Crippen LogP contribution in [0.1, 0.15) is 13.3 Å². The molecule has 0 fully saturated rings. The number of ether oxygens (including phenoxy) is 1. The summed E-state index contributed by atoms with van der Waals surface area (Å²) < 4.78 is 7.02. The van der Waals surface area contributed by atoms with Crippen LogP contribution in [0.2, 0.25) is 0 Å². The van der Waals surface area contributed by atoms with Crippen molar-refractivity contribution < 1.29 is 9.84 Å². The molecule has 0 spiro atoms. The van der Waals surface area contributed by atoms with Gasteiger partial charge in [-0.05, 0) is 36.9 Å². The van der Waals surface area contributed by atoms with Crippen LogP contribution >= 0.6 is 0 Å². The molecule has 0 bridgehead atoms. The van der Waals surface area contributed by atoms with Crippen molar-refractivity contribution in [1.29, 1.82) is 0 Å². The van der Waals surface area contributed by atoms with Crippen LogP contribution in [0.5, 0.6) is 5.75 Å². The third kappa shape index (κ3) is 2.54. The van der Waals surface area contributed by atoms with Crippen molar-refractivity contribution in [1.82, 2.24) is 4.57 Å². The molecule has 0 aliphatic rings. The lowest BCUT2D eigenvalue weighted by atomic mass is 10.1. The Morgan fingerprint density at radius 3 is 2.89 bits per heavy atom. The predicted molar refractivity (Wildman–Crippen MR) is 71.1 cm³/mol. The summed E-state index contributed by atoms with van der Waals surface area (Å²) >= 11 is 0. The number of nitrogens with zero attached hydrogens (tertiary/aromatic N) is 1. The number of pyridine rings is 1. The van der Waals surface area contributed by atoms with Gasteiger partial charge in [-0.2, -0.15) is 0 Å². The number of aryl methyl sites for hydroxylation is 1. The molecule has 4 heteroatoms. The average Bonchev–Trinajstić information content (AvgIpc) is 2.39. The van der Waals surface area contributed by atoms with Crippen molar-refractivity contribution >= 4 is 10.8 Å². The molecule has 18 heavy (non-hydrogen) atoms. The molecular weight excluding hydrogens is 230 g/mol. The first-order chi connectivity index (χ1) is 8.76. The molecule has 1 N–H and O–H groups in total. The standard InChI is InChI=1S/C14H17NO3/c1-2-18-12-5-4-11-6-8-15(7-3-9-16)14(17)13(11)10-12/h4-6,8,10,16H,2-3,7,9H2,1H3. The number of fused-ring (bicyclic) bond motifs is 1. The van der Waals surface area contributed by atoms with Gasteiger partial charge in [0, 0.05) is 19.3 Å². The highest BCUT2D eigenvalue weighted by Gasteiger charge is 2.04. The van der Waals surface area contributed by atoms with Gasteiger partial charge in [-0.15, -0.1) is 0 Å². The van der Waals surface area contributed by atoms with E-state index >= 15 is 0 Å². The lowest BCUT2D eigenvalue weighted by molar-refractivity contribution is 0.279. The highest BCUT2D eigenvalue weighted by Crippen LogP contribution is 2.18. The highest BCUT2D eigenvalue weighted by atomic mass is 16.5. The largest absolute Gasteiger partial charge is 0.494 e. The smallest absolute Gasteiger partial charge is 0.258 e. The van der Waals surface area contributed by atoms with E-state index in [2.05, 4.69) is 0 Å². The average molecular weight is 247 g/mol. The Kier molecular flexibility index (Phi) is 3.99. The molecular formula is C14H17NO3. The molecule has 0 atom stereocenters. The van der Waals surface area contributed by atoms with Crippen LogP contribution in [0.15, 0.2) is 35.3 Å². The number of benzene rings is 1. The normalized spacial score (nSPS) is 10.8. The van der Waals surface area contributed by atoms with Gasteiger partial charge in [-0.1, -0.05) is 6.07 Å². The Morgan fingerprint density at radius 2 is 2.17 bits per heavy atom. The molecule has 4 nitrogen and oxygen atoms in total. The summed E-state index contributed by atoms with van der Waals surface area (Å²) in [4.78, 5) is 12.2. The summed E-state index contributed by atoms with van der Waals surface area (Å²) in [7, 11) is 0. The lowest BCUT2D eigenvalue weighted by Gasteiger charge is -2.08. The van der Waals surface area contributed by atoms with Crippen molar-refractivity contribution in [2.75, 3.05) is 13.2 Å². The molecule has 2 aromatic rings. The van der Waals surface area contributed by atoms with E-state index in [4.69, 9.17) is 9.84 Å². The van der Waals surface area contributed by atoms with Gasteiger partial charge in [0.25, 0.3) is 5.56 Å². The Labute approximate surface area is 105 Å². The van der Waals surface area contributed by atoms with E-state index in [-0.39, 0.29) is 12.2 Å². The fraction of sp³-hybridized carbons (Fsp3) is 0.357. The van der Waals surface area contributed by atoms with Crippen LogP contribution in [-0.2, 0) is 6.54 Å². The van der Waals surface area contributed by atoms with E-state index in [1.54, 1.807) is 16.8 Å². The lowest BCUT2D eigenvalue weighted by Crippen LogP contribution is -2.20. The first kappa shape index (κ1) is 12.6. The molecule has 2 rings (SSSR count). The number of rotatable bonds is 5. The number of hydrogen-bond acceptors (Lipinski definition) is 3. The van der Waals surface area contributed by atoms with Gasteiger partial charge in [0.1, 0.15) is 5.75 Å². The summed E-state index contributed by atoms with van der Waals surface area (Å²) in [5, 5.41) is 10.4. The van der Waals surface area contributed by atoms with Crippen LogP contribution in [0.3, 0.4) is 0 Å². The van der Waals surface area contributed by atoms with E-state index in [0.717, 1.165) is 5.39 Å². The minimum Gasteiger partial charge on any atom is -0.494 e. The third-order valence-corrected chi connectivity index (χ3v) is 2.82. The Morgan fingerprint density at radius 1 is 1.33 bits per heavy atom. The van der Waals surface area contributed by atoms with Gasteiger partial charge in [0.05, 0.1) is 12.0 Å². The van der Waals surface area contributed by atoms with Crippen LogP contribution < -0.4 is 10.3 Å². The minimum atomic E-state index is -0.0393. The molecule has 0 radical (unpaired) electrons. The molecule has 0 saturated carbocycles. The van der Waals surface area contributed by atoms with Gasteiger partial charge in [0.2, 0.25) is 0 Å². The molecule has 0 amide bonds. The zero-order valence-corrected chi connectivity index (χ0v) is 10.4. The maximum atomic E-state index is 12.2. The van der Waals surface area contributed by atoms with Crippen LogP contribution in [-0.4, -0.2) is 22.9 Å². The second-order valence-corrected chi connectivity index (χ2v) is 4.07. The van der Waals surface area contributed by atoms with Crippen molar-refractivity contribution in [3.05, 3.63) is 40.8 Å². The number of aliphatic hydroxyl groups is 1. The third-order valence-electron chi connectivity index (χ3n) is 2.82. The zero-order chi connectivity index (χ0) is 13.0. The monoisotopic (exact) mass is 247 g/mol. The Balaban J connectivity index is 2.46. The van der Waals surface area contributed by atoms with Crippen molar-refractivity contribution in [2.24, 2.45) is 0 Å². The number of hydrogen-bond donors (Lipinski definition) is 1. The number of aliphatic hydroxyl groups excluding tert-OH is 1. The predicted octanol–water partition coefficient (Wildman–Crippen LogP) is 1.78. The van der Waals surface area contributed by atoms with E-state index in [1.165, 1.54) is 0 Å². The summed E-state index contributed by atoms with van der Waals surface area (Å²) in [6.07, 6.45) is 2.34. The SMILES string of the molecule is CCOc1ccc2ccn(CCCO)c(=O)c2c1. The summed E-state index contributed by atoms with van der Waals surface area (Å²) in [6.45, 7) is 3.11. The topological polar surface area (TPSA) is 51.5 Å². The molecule has 0 aliphatic carbocycles. The zero-order valence-electron chi connectivity index (χ0n) is 10.4. The fourth-order valence-electron chi connectivity index (χ4n) is 1.93. The van der Waals surface area contributed by atoms with Gasteiger partial charge < -0.3 is 14.4 Å². The van der Waals surface area contributed by atoms with Crippen molar-refractivity contribution in [3.8, 4) is 5.75 Å². The maximum Gasteiger partial charge on any atom is 0.258 e. The first-order valence-corrected chi connectivity index (χ1v) is 6.13. The highest BCUT2D eigenvalue weighted by molar-refractivity contribution is 5.82. The summed E-state index contributed by atoms with van der Waals surface area (Å²) in [5.41, 5.74) is -0.0393. The molecule has 0 aliphatic heterocycles. The molecule has 1 aromatic carbocycles. The maximum absolute atomic E-state index is 12.2. The quantitative estimate of drug-likeness (QED) is 0.876. The molecule has 1 aromatic heterocycles. The van der Waals surface area contributed by atoms with E-state index in [9.17, 15) is 4.79 Å². The van der Waals surface area contributed by atoms with Gasteiger partial charge in [-0.25, -0.2) is 0 Å². The second-order valence-electron chi connectivity index (χ2n) is 4.07. The van der Waals surface area contributed by atoms with Gasteiger partial charge in [0.15, 0.2) is 0 Å². The molecule has 96 valence electrons. The summed E-state index contributed by atoms with van der Waals surface area (Å²) in [5.74, 6) is 0.710. The van der Waals surface area contributed by atoms with Gasteiger partial charge >= 0.3 is 0 Å². The van der Waals surface area contributed by atoms with Gasteiger partial charge in [-0.3, -0.25) is 4.79 Å². The van der Waals surface area contributed by atoms with E-state index in [0.29, 0.717) is 30.7 Å². The van der Waals surface area contributed by atoms with Crippen LogP contribution in [0, 0.1) is 0 Å². The van der Waals surface area contributed by atoms with E-state index < -0.39 is 0 Å². The number of aromatic nitrogens is 1. The molecule has 0 saturated heterocycles. The van der Waals surface area contributed by atoms with Crippen LogP contribution in [0.25, 0.3) is 10.8 Å². The second kappa shape index (κ2) is 5.69. The summed E-state index contributed by atoms with van der Waals surface area (Å²) in [6, 6.07) is 7.43.